The number of benzene rings is 1. The number of carbonyl (C=O) groups excluding carboxylic acids is 1. The van der Waals surface area contributed by atoms with Crippen LogP contribution in [0.25, 0.3) is 0 Å². The third-order valence-corrected chi connectivity index (χ3v) is 2.31. The summed E-state index contributed by atoms with van der Waals surface area (Å²) in [7, 11) is 0. The molecule has 2 nitrogen and oxygen atoms in total. The van der Waals surface area contributed by atoms with Crippen LogP contribution in [-0.2, 0) is 0 Å². The fourth-order valence-corrected chi connectivity index (χ4v) is 1.52. The number of hydrogen-bond donors (Lipinski definition) is 0. The summed E-state index contributed by atoms with van der Waals surface area (Å²) in [4.78, 5) is 10.7. The summed E-state index contributed by atoms with van der Waals surface area (Å²) >= 11 is 3.35. The third-order valence-electron chi connectivity index (χ3n) is 1.69. The summed E-state index contributed by atoms with van der Waals surface area (Å²) in [6.45, 7) is 4.75. The molecule has 0 aliphatic carbocycles. The topological polar surface area (TPSA) is 26.3 Å². The van der Waals surface area contributed by atoms with Gasteiger partial charge in [-0.2, -0.15) is 0 Å². The Kier molecular flexibility index (Phi) is 4.14. The Morgan fingerprint density at radius 3 is 2.79 bits per heavy atom. The first-order valence-electron chi connectivity index (χ1n) is 4.51. The van der Waals surface area contributed by atoms with E-state index in [4.69, 9.17) is 4.74 Å². The number of ether oxygens (including phenoxy) is 1. The van der Waals surface area contributed by atoms with Gasteiger partial charge in [-0.1, -0.05) is 19.9 Å². The van der Waals surface area contributed by atoms with Crippen molar-refractivity contribution in [3.8, 4) is 5.75 Å². The van der Waals surface area contributed by atoms with E-state index in [1.807, 2.05) is 12.1 Å². The Morgan fingerprint density at radius 1 is 1.50 bits per heavy atom. The minimum absolute atomic E-state index is 0.446. The van der Waals surface area contributed by atoms with Crippen LogP contribution in [0.15, 0.2) is 22.7 Å². The molecule has 0 aliphatic rings. The molecular weight excluding hydrogens is 244 g/mol. The first kappa shape index (κ1) is 11.2. The molecule has 0 heterocycles. The van der Waals surface area contributed by atoms with Gasteiger partial charge in [0.25, 0.3) is 0 Å². The van der Waals surface area contributed by atoms with Crippen LogP contribution in [0.5, 0.6) is 5.75 Å². The van der Waals surface area contributed by atoms with Crippen molar-refractivity contribution in [3.63, 3.8) is 0 Å². The maximum atomic E-state index is 10.7. The monoisotopic (exact) mass is 256 g/mol. The molecule has 76 valence electrons. The molecule has 0 N–H and O–H groups in total. The zero-order valence-electron chi connectivity index (χ0n) is 8.29. The van der Waals surface area contributed by atoms with Crippen molar-refractivity contribution in [2.75, 3.05) is 6.61 Å². The number of aldehydes is 1. The molecule has 0 spiro atoms. The predicted molar refractivity (Wildman–Crippen MR) is 59.9 cm³/mol. The number of carbonyl (C=O) groups is 1. The fraction of sp³-hybridized carbons (Fsp3) is 0.364. The summed E-state index contributed by atoms with van der Waals surface area (Å²) < 4.78 is 6.36. The maximum absolute atomic E-state index is 10.7. The highest BCUT2D eigenvalue weighted by Gasteiger charge is 2.07. The smallest absolute Gasteiger partial charge is 0.153 e. The second-order valence-corrected chi connectivity index (χ2v) is 4.34. The van der Waals surface area contributed by atoms with Gasteiger partial charge in [0.15, 0.2) is 6.29 Å². The van der Waals surface area contributed by atoms with Gasteiger partial charge < -0.3 is 4.74 Å². The number of rotatable bonds is 4. The van der Waals surface area contributed by atoms with E-state index in [-0.39, 0.29) is 0 Å². The summed E-state index contributed by atoms with van der Waals surface area (Å²) in [5, 5.41) is 0. The summed E-state index contributed by atoms with van der Waals surface area (Å²) in [5.74, 6) is 1.08. The van der Waals surface area contributed by atoms with Gasteiger partial charge in [0.05, 0.1) is 16.6 Å². The molecule has 0 saturated heterocycles. The Labute approximate surface area is 92.4 Å². The molecule has 1 aromatic rings. The predicted octanol–water partition coefficient (Wildman–Crippen LogP) is 3.30. The van der Waals surface area contributed by atoms with E-state index < -0.39 is 0 Å². The van der Waals surface area contributed by atoms with E-state index in [1.54, 1.807) is 6.07 Å². The first-order valence-corrected chi connectivity index (χ1v) is 5.31. The normalized spacial score (nSPS) is 10.3. The zero-order chi connectivity index (χ0) is 10.6. The van der Waals surface area contributed by atoms with Gasteiger partial charge in [0.1, 0.15) is 5.75 Å². The van der Waals surface area contributed by atoms with Crippen molar-refractivity contribution in [3.05, 3.63) is 28.2 Å². The Balaban J connectivity index is 2.87. The number of halogens is 1. The van der Waals surface area contributed by atoms with Gasteiger partial charge in [-0.3, -0.25) is 4.79 Å². The van der Waals surface area contributed by atoms with Crippen LogP contribution >= 0.6 is 15.9 Å². The van der Waals surface area contributed by atoms with Gasteiger partial charge in [-0.25, -0.2) is 0 Å². The van der Waals surface area contributed by atoms with Crippen molar-refractivity contribution in [1.29, 1.82) is 0 Å². The van der Waals surface area contributed by atoms with Gasteiger partial charge in [-0.05, 0) is 34.0 Å². The standard InChI is InChI=1S/C11H13BrO2/c1-8(2)7-14-11-9(6-13)4-3-5-10(11)12/h3-6,8H,7H2,1-2H3. The Morgan fingerprint density at radius 2 is 2.21 bits per heavy atom. The molecular formula is C11H13BrO2. The van der Waals surface area contributed by atoms with Crippen LogP contribution in [-0.4, -0.2) is 12.9 Å². The molecule has 14 heavy (non-hydrogen) atoms. The van der Waals surface area contributed by atoms with Crippen molar-refractivity contribution in [2.45, 2.75) is 13.8 Å². The molecule has 0 amide bonds. The highest BCUT2D eigenvalue weighted by molar-refractivity contribution is 9.10. The van der Waals surface area contributed by atoms with E-state index in [1.165, 1.54) is 0 Å². The first-order chi connectivity index (χ1) is 6.65. The van der Waals surface area contributed by atoms with E-state index >= 15 is 0 Å². The van der Waals surface area contributed by atoms with E-state index in [0.29, 0.717) is 23.8 Å². The third kappa shape index (κ3) is 2.84. The lowest BCUT2D eigenvalue weighted by molar-refractivity contribution is 0.111. The molecule has 1 aromatic carbocycles. The average Bonchev–Trinajstić information content (AvgIpc) is 2.15. The number of para-hydroxylation sites is 1. The zero-order valence-corrected chi connectivity index (χ0v) is 9.87. The quantitative estimate of drug-likeness (QED) is 0.773. The van der Waals surface area contributed by atoms with Crippen LogP contribution in [0, 0.1) is 5.92 Å². The van der Waals surface area contributed by atoms with E-state index in [2.05, 4.69) is 29.8 Å². The Bertz CT molecular complexity index is 321. The molecule has 0 atom stereocenters. The van der Waals surface area contributed by atoms with Gasteiger partial charge in [0.2, 0.25) is 0 Å². The molecule has 1 rings (SSSR count). The minimum Gasteiger partial charge on any atom is -0.491 e. The average molecular weight is 257 g/mol. The highest BCUT2D eigenvalue weighted by atomic mass is 79.9. The molecule has 0 saturated carbocycles. The minimum atomic E-state index is 0.446. The van der Waals surface area contributed by atoms with Gasteiger partial charge in [-0.15, -0.1) is 0 Å². The van der Waals surface area contributed by atoms with Crippen molar-refractivity contribution in [2.24, 2.45) is 5.92 Å². The second kappa shape index (κ2) is 5.15. The van der Waals surface area contributed by atoms with Crippen LogP contribution in [0.2, 0.25) is 0 Å². The van der Waals surface area contributed by atoms with E-state index in [9.17, 15) is 4.79 Å². The Hall–Kier alpha value is -0.830. The lowest BCUT2D eigenvalue weighted by Gasteiger charge is -2.11. The lowest BCUT2D eigenvalue weighted by Crippen LogP contribution is -2.06. The summed E-state index contributed by atoms with van der Waals surface area (Å²) in [6.07, 6.45) is 0.806. The van der Waals surface area contributed by atoms with Crippen LogP contribution < -0.4 is 4.74 Å². The van der Waals surface area contributed by atoms with Crippen LogP contribution in [0.3, 0.4) is 0 Å². The van der Waals surface area contributed by atoms with Crippen molar-refractivity contribution in [1.82, 2.24) is 0 Å². The fourth-order valence-electron chi connectivity index (χ4n) is 1.02. The van der Waals surface area contributed by atoms with Crippen LogP contribution in [0.1, 0.15) is 24.2 Å². The maximum Gasteiger partial charge on any atom is 0.153 e. The molecule has 0 fully saturated rings. The molecule has 0 bridgehead atoms. The van der Waals surface area contributed by atoms with Gasteiger partial charge >= 0.3 is 0 Å². The SMILES string of the molecule is CC(C)COc1c(Br)cccc1C=O. The van der Waals surface area contributed by atoms with Crippen LogP contribution in [0.4, 0.5) is 0 Å². The molecule has 0 radical (unpaired) electrons. The molecule has 0 unspecified atom stereocenters. The summed E-state index contributed by atoms with van der Waals surface area (Å²) in [5.41, 5.74) is 0.583. The van der Waals surface area contributed by atoms with E-state index in [0.717, 1.165) is 10.8 Å². The largest absolute Gasteiger partial charge is 0.491 e. The highest BCUT2D eigenvalue weighted by Crippen LogP contribution is 2.28. The summed E-state index contributed by atoms with van der Waals surface area (Å²) in [6, 6.07) is 5.42. The molecule has 0 aromatic heterocycles. The van der Waals surface area contributed by atoms with Crippen molar-refractivity contribution < 1.29 is 9.53 Å². The molecule has 3 heteroatoms. The second-order valence-electron chi connectivity index (χ2n) is 3.48. The lowest BCUT2D eigenvalue weighted by atomic mass is 10.2. The molecule has 0 aliphatic heterocycles. The van der Waals surface area contributed by atoms with Gasteiger partial charge in [0, 0.05) is 0 Å². The van der Waals surface area contributed by atoms with Crippen molar-refractivity contribution >= 4 is 22.2 Å². The number of hydrogen-bond acceptors (Lipinski definition) is 2.